The molecule has 1 aromatic heterocycles. The lowest BCUT2D eigenvalue weighted by atomic mass is 10.0. The zero-order valence-electron chi connectivity index (χ0n) is 14.2. The van der Waals surface area contributed by atoms with Crippen molar-refractivity contribution < 1.29 is 4.79 Å². The first-order valence-corrected chi connectivity index (χ1v) is 9.48. The summed E-state index contributed by atoms with van der Waals surface area (Å²) in [5, 5.41) is 1.20. The Morgan fingerprint density at radius 3 is 2.92 bits per heavy atom. The lowest BCUT2D eigenvalue weighted by Crippen LogP contribution is -2.44. The Balaban J connectivity index is 1.77. The molecular formula is C18H23N3O2S. The van der Waals surface area contributed by atoms with Crippen LogP contribution in [0.3, 0.4) is 0 Å². The number of aromatic nitrogens is 2. The Hall–Kier alpha value is -1.82. The number of carbonyl (C=O) groups excluding carboxylic acids is 1. The molecule has 5 nitrogen and oxygen atoms in total. The van der Waals surface area contributed by atoms with Crippen molar-refractivity contribution in [2.24, 2.45) is 7.05 Å². The van der Waals surface area contributed by atoms with Crippen LogP contribution in [0.5, 0.6) is 0 Å². The zero-order valence-corrected chi connectivity index (χ0v) is 15.0. The van der Waals surface area contributed by atoms with Gasteiger partial charge in [-0.15, -0.1) is 0 Å². The first kappa shape index (κ1) is 17.0. The van der Waals surface area contributed by atoms with E-state index in [1.165, 1.54) is 22.7 Å². The first-order valence-electron chi connectivity index (χ1n) is 8.50. The number of hydrogen-bond acceptors (Lipinski definition) is 4. The van der Waals surface area contributed by atoms with Crippen LogP contribution in [-0.4, -0.2) is 38.7 Å². The number of thioether (sulfide) groups is 1. The minimum absolute atomic E-state index is 0.0695. The highest BCUT2D eigenvalue weighted by Crippen LogP contribution is 2.22. The van der Waals surface area contributed by atoms with E-state index in [1.807, 2.05) is 23.1 Å². The fourth-order valence-electron chi connectivity index (χ4n) is 3.29. The molecule has 1 atom stereocenters. The Labute approximate surface area is 146 Å². The van der Waals surface area contributed by atoms with E-state index in [2.05, 4.69) is 11.9 Å². The molecule has 1 fully saturated rings. The van der Waals surface area contributed by atoms with Crippen LogP contribution in [0, 0.1) is 0 Å². The highest BCUT2D eigenvalue weighted by molar-refractivity contribution is 7.99. The molecule has 128 valence electrons. The molecule has 1 aromatic carbocycles. The molecule has 2 aromatic rings. The molecular weight excluding hydrogens is 322 g/mol. The molecule has 2 heterocycles. The van der Waals surface area contributed by atoms with Gasteiger partial charge in [-0.05, 0) is 37.8 Å². The molecule has 0 radical (unpaired) electrons. The number of rotatable bonds is 4. The van der Waals surface area contributed by atoms with E-state index >= 15 is 0 Å². The number of para-hydroxylation sites is 1. The third kappa shape index (κ3) is 3.34. The SMILES string of the molecule is CC[C@H]1CCCCN1C(=O)CSc1nc2ccccc2c(=O)n1C. The van der Waals surface area contributed by atoms with Gasteiger partial charge in [0.25, 0.3) is 5.56 Å². The summed E-state index contributed by atoms with van der Waals surface area (Å²) in [7, 11) is 1.71. The summed E-state index contributed by atoms with van der Waals surface area (Å²) >= 11 is 1.35. The third-order valence-electron chi connectivity index (χ3n) is 4.69. The fourth-order valence-corrected chi connectivity index (χ4v) is 4.15. The van der Waals surface area contributed by atoms with Gasteiger partial charge in [-0.25, -0.2) is 4.98 Å². The second-order valence-electron chi connectivity index (χ2n) is 6.21. The Kier molecular flexibility index (Phi) is 5.23. The lowest BCUT2D eigenvalue weighted by Gasteiger charge is -2.35. The van der Waals surface area contributed by atoms with Gasteiger partial charge in [0.1, 0.15) is 0 Å². The zero-order chi connectivity index (χ0) is 17.1. The summed E-state index contributed by atoms with van der Waals surface area (Å²) in [6.45, 7) is 2.99. The first-order chi connectivity index (χ1) is 11.6. The summed E-state index contributed by atoms with van der Waals surface area (Å²) < 4.78 is 1.54. The maximum absolute atomic E-state index is 12.6. The Morgan fingerprint density at radius 1 is 1.33 bits per heavy atom. The van der Waals surface area contributed by atoms with Crippen molar-refractivity contribution in [1.82, 2.24) is 14.5 Å². The number of benzene rings is 1. The average molecular weight is 345 g/mol. The number of amides is 1. The normalized spacial score (nSPS) is 18.1. The van der Waals surface area contributed by atoms with Crippen LogP contribution in [0.15, 0.2) is 34.2 Å². The van der Waals surface area contributed by atoms with Gasteiger partial charge in [0.2, 0.25) is 5.91 Å². The lowest BCUT2D eigenvalue weighted by molar-refractivity contribution is -0.132. The van der Waals surface area contributed by atoms with E-state index in [-0.39, 0.29) is 11.5 Å². The van der Waals surface area contributed by atoms with E-state index in [1.54, 1.807) is 13.1 Å². The molecule has 0 N–H and O–H groups in total. The van der Waals surface area contributed by atoms with Gasteiger partial charge in [0, 0.05) is 19.6 Å². The predicted octanol–water partition coefficient (Wildman–Crippen LogP) is 2.82. The van der Waals surface area contributed by atoms with E-state index in [0.29, 0.717) is 27.9 Å². The highest BCUT2D eigenvalue weighted by atomic mass is 32.2. The molecule has 1 aliphatic heterocycles. The van der Waals surface area contributed by atoms with E-state index in [9.17, 15) is 9.59 Å². The Morgan fingerprint density at radius 2 is 2.12 bits per heavy atom. The molecule has 6 heteroatoms. The molecule has 0 unspecified atom stereocenters. The third-order valence-corrected chi connectivity index (χ3v) is 5.70. The molecule has 24 heavy (non-hydrogen) atoms. The Bertz CT molecular complexity index is 802. The second-order valence-corrected chi connectivity index (χ2v) is 7.15. The van der Waals surface area contributed by atoms with Gasteiger partial charge < -0.3 is 4.90 Å². The fraction of sp³-hybridized carbons (Fsp3) is 0.500. The van der Waals surface area contributed by atoms with Crippen LogP contribution in [0.2, 0.25) is 0 Å². The van der Waals surface area contributed by atoms with Crippen molar-refractivity contribution in [3.05, 3.63) is 34.6 Å². The largest absolute Gasteiger partial charge is 0.339 e. The van der Waals surface area contributed by atoms with Gasteiger partial charge in [0.15, 0.2) is 5.16 Å². The summed E-state index contributed by atoms with van der Waals surface area (Å²) in [4.78, 5) is 31.6. The van der Waals surface area contributed by atoms with Crippen molar-refractivity contribution in [1.29, 1.82) is 0 Å². The molecule has 0 spiro atoms. The van der Waals surface area contributed by atoms with Crippen LogP contribution in [0.25, 0.3) is 10.9 Å². The van der Waals surface area contributed by atoms with Gasteiger partial charge >= 0.3 is 0 Å². The van der Waals surface area contributed by atoms with Crippen molar-refractivity contribution >= 4 is 28.6 Å². The van der Waals surface area contributed by atoms with Crippen molar-refractivity contribution in [3.8, 4) is 0 Å². The van der Waals surface area contributed by atoms with Crippen LogP contribution in [-0.2, 0) is 11.8 Å². The van der Waals surface area contributed by atoms with Crippen molar-refractivity contribution in [2.45, 2.75) is 43.8 Å². The monoisotopic (exact) mass is 345 g/mol. The number of hydrogen-bond donors (Lipinski definition) is 0. The van der Waals surface area contributed by atoms with Crippen LogP contribution in [0.4, 0.5) is 0 Å². The van der Waals surface area contributed by atoms with E-state index in [0.717, 1.165) is 25.8 Å². The summed E-state index contributed by atoms with van der Waals surface area (Å²) in [6.07, 6.45) is 4.39. The van der Waals surface area contributed by atoms with E-state index < -0.39 is 0 Å². The minimum Gasteiger partial charge on any atom is -0.339 e. The molecule has 1 aliphatic rings. The van der Waals surface area contributed by atoms with Gasteiger partial charge in [-0.2, -0.15) is 0 Å². The second kappa shape index (κ2) is 7.38. The number of carbonyl (C=O) groups is 1. The molecule has 0 bridgehead atoms. The predicted molar refractivity (Wildman–Crippen MR) is 97.4 cm³/mol. The van der Waals surface area contributed by atoms with Gasteiger partial charge in [0.05, 0.1) is 16.7 Å². The van der Waals surface area contributed by atoms with Gasteiger partial charge in [-0.3, -0.25) is 14.2 Å². The molecule has 1 saturated heterocycles. The van der Waals surface area contributed by atoms with E-state index in [4.69, 9.17) is 0 Å². The number of nitrogens with zero attached hydrogens (tertiary/aromatic N) is 3. The standard InChI is InChI=1S/C18H23N3O2S/c1-3-13-8-6-7-11-21(13)16(22)12-24-18-19-15-10-5-4-9-14(15)17(23)20(18)2/h4-5,9-10,13H,3,6-8,11-12H2,1-2H3/t13-/m0/s1. The smallest absolute Gasteiger partial charge is 0.261 e. The van der Waals surface area contributed by atoms with Crippen molar-refractivity contribution in [2.75, 3.05) is 12.3 Å². The number of likely N-dealkylation sites (tertiary alicyclic amines) is 1. The maximum Gasteiger partial charge on any atom is 0.261 e. The molecule has 0 aliphatic carbocycles. The molecule has 1 amide bonds. The average Bonchev–Trinajstić information content (AvgIpc) is 2.63. The summed E-state index contributed by atoms with van der Waals surface area (Å²) in [5.74, 6) is 0.476. The van der Waals surface area contributed by atoms with Crippen LogP contribution in [0.1, 0.15) is 32.6 Å². The quantitative estimate of drug-likeness (QED) is 0.632. The minimum atomic E-state index is -0.0695. The highest BCUT2D eigenvalue weighted by Gasteiger charge is 2.25. The summed E-state index contributed by atoms with van der Waals surface area (Å²) in [5.41, 5.74) is 0.611. The van der Waals surface area contributed by atoms with Gasteiger partial charge in [-0.1, -0.05) is 30.8 Å². The number of fused-ring (bicyclic) bond motifs is 1. The summed E-state index contributed by atoms with van der Waals surface area (Å²) in [6, 6.07) is 7.68. The van der Waals surface area contributed by atoms with Crippen LogP contribution >= 0.6 is 11.8 Å². The van der Waals surface area contributed by atoms with Crippen LogP contribution < -0.4 is 5.56 Å². The number of piperidine rings is 1. The molecule has 0 saturated carbocycles. The maximum atomic E-state index is 12.6. The van der Waals surface area contributed by atoms with Crippen molar-refractivity contribution in [3.63, 3.8) is 0 Å². The topological polar surface area (TPSA) is 55.2 Å². The molecule has 3 rings (SSSR count).